The van der Waals surface area contributed by atoms with Gasteiger partial charge in [-0.25, -0.2) is 0 Å². The number of hydrogen-bond donors (Lipinski definition) is 2. The summed E-state index contributed by atoms with van der Waals surface area (Å²) in [5.41, 5.74) is 4.51. The van der Waals surface area contributed by atoms with E-state index in [1.54, 1.807) is 11.8 Å². The summed E-state index contributed by atoms with van der Waals surface area (Å²) < 4.78 is 0. The van der Waals surface area contributed by atoms with Crippen molar-refractivity contribution in [2.24, 2.45) is 4.99 Å². The zero-order valence-corrected chi connectivity index (χ0v) is 8.27. The van der Waals surface area contributed by atoms with E-state index in [9.17, 15) is 9.59 Å². The highest BCUT2D eigenvalue weighted by molar-refractivity contribution is 8.14. The van der Waals surface area contributed by atoms with E-state index in [1.807, 2.05) is 6.92 Å². The van der Waals surface area contributed by atoms with E-state index in [0.717, 1.165) is 5.04 Å². The van der Waals surface area contributed by atoms with Crippen LogP contribution in [0.1, 0.15) is 13.8 Å². The molecule has 72 valence electrons. The molecule has 0 radical (unpaired) electrons. The highest BCUT2D eigenvalue weighted by atomic mass is 32.2. The van der Waals surface area contributed by atoms with Gasteiger partial charge in [-0.15, -0.1) is 11.8 Å². The summed E-state index contributed by atoms with van der Waals surface area (Å²) in [5, 5.41) is 0.906. The van der Waals surface area contributed by atoms with E-state index < -0.39 is 0 Å². The van der Waals surface area contributed by atoms with Gasteiger partial charge in [-0.3, -0.25) is 25.4 Å². The van der Waals surface area contributed by atoms with Crippen LogP contribution in [-0.2, 0) is 9.59 Å². The molecule has 0 fully saturated rings. The van der Waals surface area contributed by atoms with Crippen molar-refractivity contribution in [3.8, 4) is 0 Å². The molecule has 1 aliphatic rings. The molecule has 0 unspecified atom stereocenters. The Hall–Kier alpha value is -1.04. The second kappa shape index (κ2) is 4.27. The van der Waals surface area contributed by atoms with Gasteiger partial charge in [0.2, 0.25) is 5.91 Å². The maximum absolute atomic E-state index is 11.2. The Morgan fingerprint density at radius 1 is 1.54 bits per heavy atom. The smallest absolute Gasteiger partial charge is 0.264 e. The van der Waals surface area contributed by atoms with E-state index in [1.165, 1.54) is 6.92 Å². The first-order valence-corrected chi connectivity index (χ1v) is 4.82. The highest BCUT2D eigenvalue weighted by Crippen LogP contribution is 2.17. The largest absolute Gasteiger partial charge is 0.274 e. The molecular weight excluding hydrogens is 190 g/mol. The van der Waals surface area contributed by atoms with Crippen LogP contribution in [0.25, 0.3) is 0 Å². The highest BCUT2D eigenvalue weighted by Gasteiger charge is 2.22. The minimum atomic E-state index is -0.364. The van der Waals surface area contributed by atoms with Gasteiger partial charge in [0, 0.05) is 12.7 Å². The predicted molar refractivity (Wildman–Crippen MR) is 51.3 cm³/mol. The fourth-order valence-corrected chi connectivity index (χ4v) is 1.69. The molecule has 0 aromatic heterocycles. The first-order chi connectivity index (χ1) is 6.09. The topological polar surface area (TPSA) is 70.6 Å². The van der Waals surface area contributed by atoms with Gasteiger partial charge in [-0.05, 0) is 6.92 Å². The van der Waals surface area contributed by atoms with E-state index in [0.29, 0.717) is 5.75 Å². The fourth-order valence-electron chi connectivity index (χ4n) is 0.861. The number of rotatable bonds is 1. The average molecular weight is 201 g/mol. The summed E-state index contributed by atoms with van der Waals surface area (Å²) in [4.78, 5) is 25.8. The molecule has 1 rings (SSSR count). The molecule has 1 heterocycles. The molecule has 0 saturated carbocycles. The monoisotopic (exact) mass is 201 g/mol. The Bertz CT molecular complexity index is 264. The van der Waals surface area contributed by atoms with Crippen LogP contribution in [0.3, 0.4) is 0 Å². The maximum Gasteiger partial charge on any atom is 0.264 e. The van der Waals surface area contributed by atoms with E-state index in [4.69, 9.17) is 0 Å². The summed E-state index contributed by atoms with van der Waals surface area (Å²) in [6.45, 7) is 3.19. The van der Waals surface area contributed by atoms with Crippen LogP contribution in [0, 0.1) is 0 Å². The lowest BCUT2D eigenvalue weighted by Crippen LogP contribution is -2.45. The van der Waals surface area contributed by atoms with Crippen LogP contribution < -0.4 is 10.9 Å². The van der Waals surface area contributed by atoms with Gasteiger partial charge in [0.05, 0.1) is 5.04 Å². The molecular formula is C7H11N3O2S. The van der Waals surface area contributed by atoms with Gasteiger partial charge in [0.25, 0.3) is 5.91 Å². The molecule has 5 nitrogen and oxygen atoms in total. The summed E-state index contributed by atoms with van der Waals surface area (Å²) >= 11 is 1.54. The number of hydrogen-bond acceptors (Lipinski definition) is 4. The van der Waals surface area contributed by atoms with Gasteiger partial charge in [0.15, 0.2) is 0 Å². The van der Waals surface area contributed by atoms with Crippen molar-refractivity contribution in [2.75, 3.05) is 5.75 Å². The van der Waals surface area contributed by atoms with Crippen molar-refractivity contribution in [3.05, 3.63) is 0 Å². The molecule has 0 spiro atoms. The third-order valence-corrected chi connectivity index (χ3v) is 2.46. The quantitative estimate of drug-likeness (QED) is 0.572. The Morgan fingerprint density at radius 2 is 2.23 bits per heavy atom. The zero-order chi connectivity index (χ0) is 9.84. The summed E-state index contributed by atoms with van der Waals surface area (Å²) in [7, 11) is 0. The number of thioether (sulfide) groups is 1. The Labute approximate surface area is 80.3 Å². The van der Waals surface area contributed by atoms with E-state index >= 15 is 0 Å². The fraction of sp³-hybridized carbons (Fsp3) is 0.571. The van der Waals surface area contributed by atoms with Crippen molar-refractivity contribution < 1.29 is 9.59 Å². The summed E-state index contributed by atoms with van der Waals surface area (Å²) in [6, 6.07) is -0.364. The Kier molecular flexibility index (Phi) is 3.30. The van der Waals surface area contributed by atoms with Crippen molar-refractivity contribution in [3.63, 3.8) is 0 Å². The minimum absolute atomic E-state index is 0.264. The number of hydrazine groups is 1. The standard InChI is InChI=1S/C7H11N3O2S/c1-4(11)9-10-7(12)6-3-13-5(2)8-6/h6H,3H2,1-2H3,(H,9,11)(H,10,12)/t6-/m0/s1. The molecule has 0 aromatic rings. The third-order valence-electron chi connectivity index (χ3n) is 1.45. The molecule has 6 heteroatoms. The van der Waals surface area contributed by atoms with Crippen LogP contribution in [0.4, 0.5) is 0 Å². The van der Waals surface area contributed by atoms with Crippen molar-refractivity contribution in [2.45, 2.75) is 19.9 Å². The molecule has 0 aliphatic carbocycles. The van der Waals surface area contributed by atoms with Crippen LogP contribution >= 0.6 is 11.8 Å². The lowest BCUT2D eigenvalue weighted by atomic mass is 10.3. The number of carbonyl (C=O) groups excluding carboxylic acids is 2. The van der Waals surface area contributed by atoms with Crippen molar-refractivity contribution >= 4 is 28.6 Å². The first-order valence-electron chi connectivity index (χ1n) is 3.83. The maximum atomic E-state index is 11.2. The molecule has 1 atom stereocenters. The lowest BCUT2D eigenvalue weighted by Gasteiger charge is -2.07. The average Bonchev–Trinajstić information content (AvgIpc) is 2.47. The molecule has 1 aliphatic heterocycles. The lowest BCUT2D eigenvalue weighted by molar-refractivity contribution is -0.128. The molecule has 13 heavy (non-hydrogen) atoms. The van der Waals surface area contributed by atoms with Gasteiger partial charge in [-0.2, -0.15) is 0 Å². The van der Waals surface area contributed by atoms with Crippen LogP contribution in [0.5, 0.6) is 0 Å². The molecule has 2 N–H and O–H groups in total. The van der Waals surface area contributed by atoms with Crippen LogP contribution in [0.15, 0.2) is 4.99 Å². The van der Waals surface area contributed by atoms with E-state index in [2.05, 4.69) is 15.8 Å². The number of carbonyl (C=O) groups is 2. The van der Waals surface area contributed by atoms with Crippen molar-refractivity contribution in [1.29, 1.82) is 0 Å². The molecule has 2 amide bonds. The predicted octanol–water partition coefficient (Wildman–Crippen LogP) is -0.312. The number of nitrogens with one attached hydrogen (secondary N) is 2. The third kappa shape index (κ3) is 3.06. The summed E-state index contributed by atoms with van der Waals surface area (Å²) in [6.07, 6.45) is 0. The molecule has 0 bridgehead atoms. The van der Waals surface area contributed by atoms with Gasteiger partial charge >= 0.3 is 0 Å². The minimum Gasteiger partial charge on any atom is -0.274 e. The van der Waals surface area contributed by atoms with Crippen molar-refractivity contribution in [1.82, 2.24) is 10.9 Å². The first kappa shape index (κ1) is 10.0. The van der Waals surface area contributed by atoms with E-state index in [-0.39, 0.29) is 17.9 Å². The van der Waals surface area contributed by atoms with Crippen LogP contribution in [0.2, 0.25) is 0 Å². The number of amides is 2. The number of nitrogens with zero attached hydrogens (tertiary/aromatic N) is 1. The SMILES string of the molecule is CC(=O)NNC(=O)[C@@H]1CSC(C)=N1. The molecule has 0 saturated heterocycles. The second-order valence-corrected chi connectivity index (χ2v) is 3.86. The normalized spacial score (nSPS) is 20.8. The van der Waals surface area contributed by atoms with Gasteiger partial charge in [0.1, 0.15) is 6.04 Å². The number of aliphatic imine (C=N–C) groups is 1. The molecule has 0 aromatic carbocycles. The zero-order valence-electron chi connectivity index (χ0n) is 7.46. The van der Waals surface area contributed by atoms with Crippen LogP contribution in [-0.4, -0.2) is 28.7 Å². The van der Waals surface area contributed by atoms with Gasteiger partial charge < -0.3 is 0 Å². The Balaban J connectivity index is 2.36. The Morgan fingerprint density at radius 3 is 2.69 bits per heavy atom. The van der Waals surface area contributed by atoms with Gasteiger partial charge in [-0.1, -0.05) is 0 Å². The summed E-state index contributed by atoms with van der Waals surface area (Å²) in [5.74, 6) is 0.0938. The second-order valence-electron chi connectivity index (χ2n) is 2.65.